The molecule has 2 atom stereocenters. The molecule has 2 unspecified atom stereocenters. The summed E-state index contributed by atoms with van der Waals surface area (Å²) >= 11 is 0. The topological polar surface area (TPSA) is 43.7 Å². The highest BCUT2D eigenvalue weighted by atomic mass is 16.3. The lowest BCUT2D eigenvalue weighted by molar-refractivity contribution is -0.0605. The van der Waals surface area contributed by atoms with Crippen molar-refractivity contribution < 1.29 is 10.2 Å². The van der Waals surface area contributed by atoms with Gasteiger partial charge in [0.25, 0.3) is 0 Å². The van der Waals surface area contributed by atoms with Crippen molar-refractivity contribution in [1.29, 1.82) is 0 Å². The third-order valence-corrected chi connectivity index (χ3v) is 2.50. The Morgan fingerprint density at radius 3 is 2.17 bits per heavy atom. The molecule has 1 fully saturated rings. The summed E-state index contributed by atoms with van der Waals surface area (Å²) in [6.07, 6.45) is -0.417. The van der Waals surface area contributed by atoms with Gasteiger partial charge in [-0.05, 0) is 27.2 Å². The Morgan fingerprint density at radius 1 is 1.17 bits per heavy atom. The smallest absolute Gasteiger partial charge is 0.0926 e. The fourth-order valence-corrected chi connectivity index (χ4v) is 1.53. The van der Waals surface area contributed by atoms with Gasteiger partial charge in [0.2, 0.25) is 0 Å². The Labute approximate surface area is 74.0 Å². The molecule has 0 aromatic carbocycles. The zero-order valence-corrected chi connectivity index (χ0v) is 8.12. The summed E-state index contributed by atoms with van der Waals surface area (Å²) in [5.41, 5.74) is 0.0983. The number of aliphatic hydroxyl groups is 2. The molecule has 0 spiro atoms. The molecule has 3 nitrogen and oxygen atoms in total. The van der Waals surface area contributed by atoms with Crippen molar-refractivity contribution in [3.05, 3.63) is 0 Å². The molecule has 0 aromatic rings. The minimum absolute atomic E-state index is 0.0983. The third-order valence-electron chi connectivity index (χ3n) is 2.50. The number of aliphatic hydroxyl groups excluding tert-OH is 2. The van der Waals surface area contributed by atoms with Gasteiger partial charge in [0.15, 0.2) is 0 Å². The van der Waals surface area contributed by atoms with E-state index < -0.39 is 12.2 Å². The first-order chi connectivity index (χ1) is 5.41. The summed E-state index contributed by atoms with van der Waals surface area (Å²) in [5.74, 6) is 0. The van der Waals surface area contributed by atoms with Gasteiger partial charge in [-0.3, -0.25) is 4.90 Å². The number of nitrogens with zero attached hydrogens (tertiary/aromatic N) is 1. The predicted octanol–water partition coefficient (Wildman–Crippen LogP) is 0.212. The van der Waals surface area contributed by atoms with Crippen LogP contribution in [-0.2, 0) is 0 Å². The molecule has 1 saturated heterocycles. The van der Waals surface area contributed by atoms with E-state index in [0.29, 0.717) is 13.0 Å². The second-order valence-corrected chi connectivity index (χ2v) is 4.54. The van der Waals surface area contributed by atoms with Crippen LogP contribution in [0.25, 0.3) is 0 Å². The van der Waals surface area contributed by atoms with E-state index in [1.165, 1.54) is 0 Å². The van der Waals surface area contributed by atoms with Crippen molar-refractivity contribution in [1.82, 2.24) is 4.90 Å². The Hall–Kier alpha value is -0.120. The van der Waals surface area contributed by atoms with Crippen molar-refractivity contribution in [2.45, 2.75) is 44.9 Å². The highest BCUT2D eigenvalue weighted by Gasteiger charge is 2.31. The summed E-state index contributed by atoms with van der Waals surface area (Å²) in [7, 11) is 0. The molecular formula is C9H19NO2. The van der Waals surface area contributed by atoms with Gasteiger partial charge >= 0.3 is 0 Å². The van der Waals surface area contributed by atoms with Crippen LogP contribution < -0.4 is 0 Å². The van der Waals surface area contributed by atoms with Crippen molar-refractivity contribution in [2.75, 3.05) is 13.1 Å². The molecular weight excluding hydrogens is 154 g/mol. The highest BCUT2D eigenvalue weighted by molar-refractivity contribution is 4.86. The van der Waals surface area contributed by atoms with Crippen LogP contribution in [0.3, 0.4) is 0 Å². The van der Waals surface area contributed by atoms with Crippen molar-refractivity contribution in [3.8, 4) is 0 Å². The molecule has 12 heavy (non-hydrogen) atoms. The Bertz CT molecular complexity index is 153. The Balaban J connectivity index is 2.51. The van der Waals surface area contributed by atoms with Crippen LogP contribution in [0.2, 0.25) is 0 Å². The summed E-state index contributed by atoms with van der Waals surface area (Å²) in [5, 5.41) is 18.7. The number of hydrogen-bond donors (Lipinski definition) is 2. The first-order valence-corrected chi connectivity index (χ1v) is 4.52. The van der Waals surface area contributed by atoms with Gasteiger partial charge in [-0.2, -0.15) is 0 Å². The van der Waals surface area contributed by atoms with Crippen LogP contribution >= 0.6 is 0 Å². The van der Waals surface area contributed by atoms with Crippen LogP contribution in [0.5, 0.6) is 0 Å². The molecule has 2 N–H and O–H groups in total. The molecule has 1 aliphatic rings. The molecule has 0 aromatic heterocycles. The summed E-state index contributed by atoms with van der Waals surface area (Å²) < 4.78 is 0. The number of rotatable bonds is 0. The molecule has 1 rings (SSSR count). The molecule has 0 aliphatic carbocycles. The lowest BCUT2D eigenvalue weighted by Crippen LogP contribution is -2.53. The van der Waals surface area contributed by atoms with Gasteiger partial charge in [-0.25, -0.2) is 0 Å². The SMILES string of the molecule is CC(C)(C)N1CCC(O)C(O)C1. The first kappa shape index (κ1) is 9.96. The quantitative estimate of drug-likeness (QED) is 0.550. The van der Waals surface area contributed by atoms with Crippen LogP contribution in [0.15, 0.2) is 0 Å². The number of likely N-dealkylation sites (tertiary alicyclic amines) is 1. The first-order valence-electron chi connectivity index (χ1n) is 4.52. The van der Waals surface area contributed by atoms with Gasteiger partial charge in [0.1, 0.15) is 0 Å². The Kier molecular flexibility index (Phi) is 2.76. The maximum atomic E-state index is 9.42. The maximum absolute atomic E-state index is 9.42. The van der Waals surface area contributed by atoms with Crippen molar-refractivity contribution >= 4 is 0 Å². The fraction of sp³-hybridized carbons (Fsp3) is 1.00. The molecule has 0 radical (unpaired) electrons. The van der Waals surface area contributed by atoms with E-state index in [2.05, 4.69) is 25.7 Å². The summed E-state index contributed by atoms with van der Waals surface area (Å²) in [6, 6.07) is 0. The van der Waals surface area contributed by atoms with Crippen LogP contribution in [0.1, 0.15) is 27.2 Å². The third kappa shape index (κ3) is 2.19. The predicted molar refractivity (Wildman–Crippen MR) is 48.0 cm³/mol. The maximum Gasteiger partial charge on any atom is 0.0926 e. The van der Waals surface area contributed by atoms with Crippen LogP contribution in [0, 0.1) is 0 Å². The molecule has 72 valence electrons. The zero-order valence-electron chi connectivity index (χ0n) is 8.12. The van der Waals surface area contributed by atoms with Crippen molar-refractivity contribution in [3.63, 3.8) is 0 Å². The van der Waals surface area contributed by atoms with E-state index in [0.717, 1.165) is 6.54 Å². The van der Waals surface area contributed by atoms with Gasteiger partial charge in [-0.15, -0.1) is 0 Å². The minimum Gasteiger partial charge on any atom is -0.390 e. The zero-order chi connectivity index (χ0) is 9.35. The second kappa shape index (κ2) is 3.32. The highest BCUT2D eigenvalue weighted by Crippen LogP contribution is 2.20. The van der Waals surface area contributed by atoms with Gasteiger partial charge in [0, 0.05) is 18.6 Å². The van der Waals surface area contributed by atoms with Crippen molar-refractivity contribution in [2.24, 2.45) is 0 Å². The standard InChI is InChI=1S/C9H19NO2/c1-9(2,3)10-5-4-7(11)8(12)6-10/h7-8,11-12H,4-6H2,1-3H3. The monoisotopic (exact) mass is 173 g/mol. The van der Waals surface area contributed by atoms with E-state index in [4.69, 9.17) is 0 Å². The fourth-order valence-electron chi connectivity index (χ4n) is 1.53. The second-order valence-electron chi connectivity index (χ2n) is 4.54. The van der Waals surface area contributed by atoms with Gasteiger partial charge in [-0.1, -0.05) is 0 Å². The average Bonchev–Trinajstić information content (AvgIpc) is 1.92. The lowest BCUT2D eigenvalue weighted by atomic mass is 9.98. The number of piperidine rings is 1. The molecule has 0 saturated carbocycles. The van der Waals surface area contributed by atoms with Crippen LogP contribution in [0.4, 0.5) is 0 Å². The summed E-state index contributed by atoms with van der Waals surface area (Å²) in [6.45, 7) is 7.83. The normalized spacial score (nSPS) is 33.8. The van der Waals surface area contributed by atoms with Gasteiger partial charge in [0.05, 0.1) is 12.2 Å². The molecule has 0 bridgehead atoms. The molecule has 1 aliphatic heterocycles. The average molecular weight is 173 g/mol. The van der Waals surface area contributed by atoms with E-state index in [1.807, 2.05) is 0 Å². The van der Waals surface area contributed by atoms with E-state index >= 15 is 0 Å². The van der Waals surface area contributed by atoms with Crippen LogP contribution in [-0.4, -0.2) is 45.9 Å². The summed E-state index contributed by atoms with van der Waals surface area (Å²) in [4.78, 5) is 2.20. The van der Waals surface area contributed by atoms with E-state index in [1.54, 1.807) is 0 Å². The van der Waals surface area contributed by atoms with E-state index in [-0.39, 0.29) is 5.54 Å². The Morgan fingerprint density at radius 2 is 1.75 bits per heavy atom. The van der Waals surface area contributed by atoms with Gasteiger partial charge < -0.3 is 10.2 Å². The molecule has 3 heteroatoms. The lowest BCUT2D eigenvalue weighted by Gasteiger charge is -2.41. The van der Waals surface area contributed by atoms with E-state index in [9.17, 15) is 10.2 Å². The number of hydrogen-bond acceptors (Lipinski definition) is 3. The molecule has 1 heterocycles. The number of β-amino-alcohol motifs (C(OH)–C–C–N with tert-alkyl or cyclic N) is 1. The molecule has 0 amide bonds. The minimum atomic E-state index is -0.571. The largest absolute Gasteiger partial charge is 0.390 e.